The largest absolute Gasteiger partial charge is 0.481 e. The molecule has 6 heteroatoms. The van der Waals surface area contributed by atoms with Gasteiger partial charge in [0.25, 0.3) is 5.56 Å². The summed E-state index contributed by atoms with van der Waals surface area (Å²) in [5.74, 6) is -0.130. The molecule has 2 aromatic rings. The van der Waals surface area contributed by atoms with Gasteiger partial charge in [-0.3, -0.25) is 4.79 Å². The quantitative estimate of drug-likeness (QED) is 0.851. The first-order valence-corrected chi connectivity index (χ1v) is 4.88. The zero-order chi connectivity index (χ0) is 12.4. The van der Waals surface area contributed by atoms with Gasteiger partial charge in [-0.25, -0.2) is 9.97 Å². The number of aromatic amines is 1. The fourth-order valence-electron chi connectivity index (χ4n) is 1.35. The van der Waals surface area contributed by atoms with E-state index in [1.165, 1.54) is 20.2 Å². The summed E-state index contributed by atoms with van der Waals surface area (Å²) >= 11 is 0. The summed E-state index contributed by atoms with van der Waals surface area (Å²) in [6.07, 6.45) is 1.49. The van der Waals surface area contributed by atoms with Crippen LogP contribution in [0.3, 0.4) is 0 Å². The highest BCUT2D eigenvalue weighted by Gasteiger charge is 2.08. The molecule has 0 saturated heterocycles. The van der Waals surface area contributed by atoms with Crippen LogP contribution in [-0.2, 0) is 0 Å². The molecule has 2 rings (SSSR count). The Morgan fingerprint density at radius 2 is 2.18 bits per heavy atom. The van der Waals surface area contributed by atoms with Gasteiger partial charge in [-0.1, -0.05) is 0 Å². The molecular weight excluding hydrogens is 225 g/mol. The molecule has 0 fully saturated rings. The summed E-state index contributed by atoms with van der Waals surface area (Å²) in [4.78, 5) is 21.5. The molecule has 88 valence electrons. The predicted octanol–water partition coefficient (Wildman–Crippen LogP) is 1.29. The number of hydrogen-bond acceptors (Lipinski definition) is 4. The first-order chi connectivity index (χ1) is 8.11. The van der Waals surface area contributed by atoms with Crippen LogP contribution in [0, 0.1) is 12.7 Å². The van der Waals surface area contributed by atoms with E-state index in [0.717, 1.165) is 0 Å². The Morgan fingerprint density at radius 1 is 1.41 bits per heavy atom. The van der Waals surface area contributed by atoms with Crippen molar-refractivity contribution in [2.75, 3.05) is 7.11 Å². The van der Waals surface area contributed by atoms with Crippen LogP contribution in [0.2, 0.25) is 0 Å². The number of methoxy groups -OCH3 is 1. The van der Waals surface area contributed by atoms with E-state index in [9.17, 15) is 9.18 Å². The van der Waals surface area contributed by atoms with Crippen molar-refractivity contribution < 1.29 is 9.13 Å². The Kier molecular flexibility index (Phi) is 2.86. The number of halogens is 1. The highest BCUT2D eigenvalue weighted by atomic mass is 19.1. The number of pyridine rings is 1. The first-order valence-electron chi connectivity index (χ1n) is 4.88. The van der Waals surface area contributed by atoms with Gasteiger partial charge in [-0.05, 0) is 13.0 Å². The van der Waals surface area contributed by atoms with E-state index in [-0.39, 0.29) is 11.5 Å². The number of nitrogens with one attached hydrogen (secondary N) is 1. The molecule has 5 nitrogen and oxygen atoms in total. The van der Waals surface area contributed by atoms with Gasteiger partial charge in [-0.2, -0.15) is 4.39 Å². The van der Waals surface area contributed by atoms with Crippen LogP contribution < -0.4 is 10.3 Å². The minimum absolute atomic E-state index is 0.0552. The molecule has 0 atom stereocenters. The van der Waals surface area contributed by atoms with Crippen molar-refractivity contribution in [2.24, 2.45) is 0 Å². The van der Waals surface area contributed by atoms with Crippen LogP contribution in [0.5, 0.6) is 5.88 Å². The maximum absolute atomic E-state index is 13.1. The van der Waals surface area contributed by atoms with E-state index in [4.69, 9.17) is 4.74 Å². The lowest BCUT2D eigenvalue weighted by molar-refractivity contribution is 0.398. The summed E-state index contributed by atoms with van der Waals surface area (Å²) in [5, 5.41) is 0. The smallest absolute Gasteiger partial charge is 0.287 e. The number of aryl methyl sites for hydroxylation is 1. The van der Waals surface area contributed by atoms with Crippen molar-refractivity contribution in [3.8, 4) is 17.3 Å². The number of H-pyrrole nitrogens is 1. The highest BCUT2D eigenvalue weighted by Crippen LogP contribution is 2.15. The van der Waals surface area contributed by atoms with Gasteiger partial charge < -0.3 is 9.72 Å². The Bertz CT molecular complexity index is 593. The van der Waals surface area contributed by atoms with E-state index in [1.807, 2.05) is 0 Å². The van der Waals surface area contributed by atoms with Gasteiger partial charge >= 0.3 is 0 Å². The number of hydrogen-bond donors (Lipinski definition) is 1. The van der Waals surface area contributed by atoms with Crippen LogP contribution in [0.25, 0.3) is 11.4 Å². The second-order valence-corrected chi connectivity index (χ2v) is 3.40. The summed E-state index contributed by atoms with van der Waals surface area (Å²) < 4.78 is 18.0. The maximum Gasteiger partial charge on any atom is 0.287 e. The van der Waals surface area contributed by atoms with Crippen molar-refractivity contribution in [1.29, 1.82) is 0 Å². The maximum atomic E-state index is 13.1. The van der Waals surface area contributed by atoms with Crippen LogP contribution >= 0.6 is 0 Å². The standard InChI is InChI=1S/C11H10FN3O2/c1-6-9(12)11(16)15-10(14-6)7-3-4-8(17-2)13-5-7/h3-5H,1-2H3,(H,14,15,16). The minimum atomic E-state index is -0.866. The van der Waals surface area contributed by atoms with Gasteiger partial charge in [0.1, 0.15) is 5.82 Å². The van der Waals surface area contributed by atoms with Crippen molar-refractivity contribution in [3.05, 3.63) is 40.2 Å². The van der Waals surface area contributed by atoms with Crippen LogP contribution in [-0.4, -0.2) is 22.1 Å². The third kappa shape index (κ3) is 2.15. The van der Waals surface area contributed by atoms with E-state index < -0.39 is 11.4 Å². The number of aromatic nitrogens is 3. The van der Waals surface area contributed by atoms with Crippen molar-refractivity contribution in [2.45, 2.75) is 6.92 Å². The van der Waals surface area contributed by atoms with E-state index >= 15 is 0 Å². The molecule has 1 N–H and O–H groups in total. The fourth-order valence-corrected chi connectivity index (χ4v) is 1.35. The number of ether oxygens (including phenoxy) is 1. The second-order valence-electron chi connectivity index (χ2n) is 3.40. The third-order valence-corrected chi connectivity index (χ3v) is 2.25. The predicted molar refractivity (Wildman–Crippen MR) is 59.3 cm³/mol. The van der Waals surface area contributed by atoms with Gasteiger partial charge in [-0.15, -0.1) is 0 Å². The molecule has 0 aromatic carbocycles. The molecule has 0 aliphatic carbocycles. The average molecular weight is 235 g/mol. The molecule has 0 aliphatic rings. The minimum Gasteiger partial charge on any atom is -0.481 e. The lowest BCUT2D eigenvalue weighted by Gasteiger charge is -2.03. The molecule has 0 spiro atoms. The molecule has 17 heavy (non-hydrogen) atoms. The SMILES string of the molecule is COc1ccc(-c2nc(C)c(F)c(=O)[nH]2)cn1. The fraction of sp³-hybridized carbons (Fsp3) is 0.182. The summed E-state index contributed by atoms with van der Waals surface area (Å²) in [6, 6.07) is 3.31. The van der Waals surface area contributed by atoms with Gasteiger partial charge in [0, 0.05) is 17.8 Å². The monoisotopic (exact) mass is 235 g/mol. The molecular formula is C11H10FN3O2. The highest BCUT2D eigenvalue weighted by molar-refractivity contribution is 5.53. The first kappa shape index (κ1) is 11.3. The lowest BCUT2D eigenvalue weighted by atomic mass is 10.2. The zero-order valence-electron chi connectivity index (χ0n) is 9.32. The molecule has 0 amide bonds. The van der Waals surface area contributed by atoms with Gasteiger partial charge in [0.2, 0.25) is 11.7 Å². The number of nitrogens with zero attached hydrogens (tertiary/aromatic N) is 2. The normalized spacial score (nSPS) is 10.3. The Morgan fingerprint density at radius 3 is 2.71 bits per heavy atom. The van der Waals surface area contributed by atoms with Crippen LogP contribution in [0.15, 0.2) is 23.1 Å². The van der Waals surface area contributed by atoms with E-state index in [2.05, 4.69) is 15.0 Å². The van der Waals surface area contributed by atoms with E-state index in [0.29, 0.717) is 11.4 Å². The Balaban J connectivity index is 2.49. The second kappa shape index (κ2) is 4.32. The van der Waals surface area contributed by atoms with Gasteiger partial charge in [0.15, 0.2) is 0 Å². The molecule has 2 heterocycles. The zero-order valence-corrected chi connectivity index (χ0v) is 9.32. The van der Waals surface area contributed by atoms with Crippen LogP contribution in [0.1, 0.15) is 5.69 Å². The molecule has 0 radical (unpaired) electrons. The average Bonchev–Trinajstić information content (AvgIpc) is 2.35. The lowest BCUT2D eigenvalue weighted by Crippen LogP contribution is -2.15. The van der Waals surface area contributed by atoms with E-state index in [1.54, 1.807) is 12.1 Å². The summed E-state index contributed by atoms with van der Waals surface area (Å²) in [7, 11) is 1.50. The third-order valence-electron chi connectivity index (χ3n) is 2.25. The molecule has 0 bridgehead atoms. The molecule has 2 aromatic heterocycles. The van der Waals surface area contributed by atoms with Crippen LogP contribution in [0.4, 0.5) is 4.39 Å². The Hall–Kier alpha value is -2.24. The molecule has 0 unspecified atom stereocenters. The Labute approximate surface area is 96.3 Å². The summed E-state index contributed by atoms with van der Waals surface area (Å²) in [6.45, 7) is 1.44. The molecule has 0 saturated carbocycles. The summed E-state index contributed by atoms with van der Waals surface area (Å²) in [5.41, 5.74) is -0.145. The van der Waals surface area contributed by atoms with Crippen molar-refractivity contribution in [1.82, 2.24) is 15.0 Å². The van der Waals surface area contributed by atoms with Gasteiger partial charge in [0.05, 0.1) is 12.8 Å². The van der Waals surface area contributed by atoms with Crippen molar-refractivity contribution in [3.63, 3.8) is 0 Å². The van der Waals surface area contributed by atoms with Crippen molar-refractivity contribution >= 4 is 0 Å². The topological polar surface area (TPSA) is 67.9 Å². The number of rotatable bonds is 2. The molecule has 0 aliphatic heterocycles.